The van der Waals surface area contributed by atoms with Crippen LogP contribution in [0.2, 0.25) is 5.02 Å². The van der Waals surface area contributed by atoms with Crippen molar-refractivity contribution in [1.29, 1.82) is 0 Å². The predicted molar refractivity (Wildman–Crippen MR) is 112 cm³/mol. The first-order valence-corrected chi connectivity index (χ1v) is 10.4. The molecule has 162 valence electrons. The summed E-state index contributed by atoms with van der Waals surface area (Å²) < 4.78 is 39.5. The fourth-order valence-corrected chi connectivity index (χ4v) is 3.63. The summed E-state index contributed by atoms with van der Waals surface area (Å²) in [6, 6.07) is 15.1. The van der Waals surface area contributed by atoms with Gasteiger partial charge < -0.3 is 5.32 Å². The van der Waals surface area contributed by atoms with Crippen LogP contribution in [-0.4, -0.2) is 15.7 Å². The SMILES string of the molecule is O=C(NC(CC1CC1)c1ccc(Cl)cc1)c1cccc(Cn2ccc(C(F)(F)F)n2)c1. The van der Waals surface area contributed by atoms with Crippen LogP contribution in [0.1, 0.15) is 52.5 Å². The van der Waals surface area contributed by atoms with E-state index in [0.29, 0.717) is 22.1 Å². The molecule has 1 N–H and O–H groups in total. The maximum atomic E-state index is 12.9. The third-order valence-electron chi connectivity index (χ3n) is 5.31. The molecule has 8 heteroatoms. The minimum absolute atomic E-state index is 0.124. The second-order valence-electron chi connectivity index (χ2n) is 7.85. The highest BCUT2D eigenvalue weighted by atomic mass is 35.5. The highest BCUT2D eigenvalue weighted by Crippen LogP contribution is 2.38. The summed E-state index contributed by atoms with van der Waals surface area (Å²) in [7, 11) is 0. The molecule has 1 aliphatic carbocycles. The molecular formula is C23H21ClF3N3O. The number of benzene rings is 2. The van der Waals surface area contributed by atoms with Crippen molar-refractivity contribution < 1.29 is 18.0 Å². The quantitative estimate of drug-likeness (QED) is 0.492. The Morgan fingerprint density at radius 3 is 2.55 bits per heavy atom. The van der Waals surface area contributed by atoms with Crippen molar-refractivity contribution in [2.75, 3.05) is 0 Å². The lowest BCUT2D eigenvalue weighted by molar-refractivity contribution is -0.141. The van der Waals surface area contributed by atoms with Crippen molar-refractivity contribution >= 4 is 17.5 Å². The number of aromatic nitrogens is 2. The van der Waals surface area contributed by atoms with Crippen molar-refractivity contribution in [2.45, 2.75) is 38.0 Å². The molecule has 1 fully saturated rings. The topological polar surface area (TPSA) is 46.9 Å². The van der Waals surface area contributed by atoms with Crippen LogP contribution in [0.15, 0.2) is 60.8 Å². The number of amides is 1. The van der Waals surface area contributed by atoms with E-state index in [2.05, 4.69) is 10.4 Å². The average Bonchev–Trinajstić information content (AvgIpc) is 3.42. The fourth-order valence-electron chi connectivity index (χ4n) is 3.50. The molecular weight excluding hydrogens is 427 g/mol. The molecule has 1 heterocycles. The molecule has 1 aromatic heterocycles. The van der Waals surface area contributed by atoms with Crippen LogP contribution in [0, 0.1) is 5.92 Å². The van der Waals surface area contributed by atoms with Gasteiger partial charge in [0.1, 0.15) is 0 Å². The Bertz CT molecular complexity index is 1060. The zero-order valence-corrected chi connectivity index (χ0v) is 17.3. The van der Waals surface area contributed by atoms with Gasteiger partial charge in [0.25, 0.3) is 5.91 Å². The maximum Gasteiger partial charge on any atom is 0.435 e. The highest BCUT2D eigenvalue weighted by molar-refractivity contribution is 6.30. The van der Waals surface area contributed by atoms with E-state index in [-0.39, 0.29) is 18.5 Å². The number of halogens is 4. The Morgan fingerprint density at radius 2 is 1.90 bits per heavy atom. The number of carbonyl (C=O) groups excluding carboxylic acids is 1. The van der Waals surface area contributed by atoms with E-state index in [1.165, 1.54) is 23.7 Å². The maximum absolute atomic E-state index is 12.9. The molecule has 1 amide bonds. The molecule has 0 bridgehead atoms. The van der Waals surface area contributed by atoms with Gasteiger partial charge in [-0.1, -0.05) is 48.7 Å². The summed E-state index contributed by atoms with van der Waals surface area (Å²) in [5, 5.41) is 7.31. The third-order valence-corrected chi connectivity index (χ3v) is 5.56. The molecule has 1 unspecified atom stereocenters. The first-order chi connectivity index (χ1) is 14.8. The van der Waals surface area contributed by atoms with Crippen molar-refractivity contribution in [3.8, 4) is 0 Å². The Morgan fingerprint density at radius 1 is 1.16 bits per heavy atom. The molecule has 0 radical (unpaired) electrons. The van der Waals surface area contributed by atoms with Crippen molar-refractivity contribution in [3.05, 3.63) is 88.2 Å². The molecule has 0 aliphatic heterocycles. The first-order valence-electron chi connectivity index (χ1n) is 10.0. The smallest absolute Gasteiger partial charge is 0.345 e. The van der Waals surface area contributed by atoms with E-state index in [0.717, 1.165) is 18.1 Å². The van der Waals surface area contributed by atoms with Crippen molar-refractivity contribution in [2.24, 2.45) is 5.92 Å². The minimum atomic E-state index is -4.48. The summed E-state index contributed by atoms with van der Waals surface area (Å²) >= 11 is 5.99. The minimum Gasteiger partial charge on any atom is -0.345 e. The van der Waals surface area contributed by atoms with E-state index in [4.69, 9.17) is 11.6 Å². The molecule has 2 aromatic carbocycles. The van der Waals surface area contributed by atoms with Crippen molar-refractivity contribution in [3.63, 3.8) is 0 Å². The van der Waals surface area contributed by atoms with Gasteiger partial charge in [-0.3, -0.25) is 9.48 Å². The molecule has 1 aliphatic rings. The summed E-state index contributed by atoms with van der Waals surface area (Å²) in [5.74, 6) is 0.383. The van der Waals surface area contributed by atoms with E-state index < -0.39 is 11.9 Å². The van der Waals surface area contributed by atoms with Crippen LogP contribution in [0.4, 0.5) is 13.2 Å². The van der Waals surface area contributed by atoms with Crippen LogP contribution in [0.25, 0.3) is 0 Å². The zero-order valence-electron chi connectivity index (χ0n) is 16.6. The lowest BCUT2D eigenvalue weighted by Gasteiger charge is -2.19. The molecule has 1 saturated carbocycles. The molecule has 3 aromatic rings. The number of alkyl halides is 3. The van der Waals surface area contributed by atoms with Gasteiger partial charge in [0, 0.05) is 16.8 Å². The summed E-state index contributed by atoms with van der Waals surface area (Å²) in [6.45, 7) is 0.139. The van der Waals surface area contributed by atoms with Gasteiger partial charge in [-0.2, -0.15) is 18.3 Å². The Hall–Kier alpha value is -2.80. The monoisotopic (exact) mass is 447 g/mol. The summed E-state index contributed by atoms with van der Waals surface area (Å²) in [6.07, 6.45) is -0.00792. The van der Waals surface area contributed by atoms with Gasteiger partial charge in [-0.05, 0) is 53.8 Å². The number of nitrogens with zero attached hydrogens (tertiary/aromatic N) is 2. The van der Waals surface area contributed by atoms with Gasteiger partial charge in [-0.25, -0.2) is 0 Å². The number of hydrogen-bond donors (Lipinski definition) is 1. The molecule has 0 spiro atoms. The normalized spacial score (nSPS) is 15.0. The van der Waals surface area contributed by atoms with Crippen LogP contribution in [-0.2, 0) is 12.7 Å². The van der Waals surface area contributed by atoms with Crippen molar-refractivity contribution in [1.82, 2.24) is 15.1 Å². The van der Waals surface area contributed by atoms with Gasteiger partial charge in [-0.15, -0.1) is 0 Å². The number of nitrogens with one attached hydrogen (secondary N) is 1. The van der Waals surface area contributed by atoms with E-state index in [1.807, 2.05) is 24.3 Å². The zero-order chi connectivity index (χ0) is 22.0. The fraction of sp³-hybridized carbons (Fsp3) is 0.304. The Kier molecular flexibility index (Phi) is 6.05. The molecule has 0 saturated heterocycles. The summed E-state index contributed by atoms with van der Waals surface area (Å²) in [4.78, 5) is 12.9. The van der Waals surface area contributed by atoms with Gasteiger partial charge in [0.15, 0.2) is 5.69 Å². The van der Waals surface area contributed by atoms with E-state index in [9.17, 15) is 18.0 Å². The molecule has 31 heavy (non-hydrogen) atoms. The second kappa shape index (κ2) is 8.75. The largest absolute Gasteiger partial charge is 0.435 e. The van der Waals surface area contributed by atoms with Gasteiger partial charge >= 0.3 is 6.18 Å². The number of rotatable bonds is 7. The number of carbonyl (C=O) groups is 1. The first kappa shape index (κ1) is 21.4. The molecule has 1 atom stereocenters. The standard InChI is InChI=1S/C23H21ClF3N3O/c24-19-8-6-17(7-9-19)20(13-15-4-5-15)28-22(31)18-3-1-2-16(12-18)14-30-11-10-21(29-30)23(25,26)27/h1-3,6-12,15,20H,4-5,13-14H2,(H,28,31). The predicted octanol–water partition coefficient (Wildman–Crippen LogP) is 5.87. The second-order valence-corrected chi connectivity index (χ2v) is 8.29. The van der Waals surface area contributed by atoms with Crippen LogP contribution in [0.5, 0.6) is 0 Å². The van der Waals surface area contributed by atoms with Crippen LogP contribution in [0.3, 0.4) is 0 Å². The van der Waals surface area contributed by atoms with Gasteiger partial charge in [0.05, 0.1) is 12.6 Å². The Balaban J connectivity index is 1.47. The van der Waals surface area contributed by atoms with Gasteiger partial charge in [0.2, 0.25) is 0 Å². The summed E-state index contributed by atoms with van der Waals surface area (Å²) in [5.41, 5.74) is 1.20. The van der Waals surface area contributed by atoms with E-state index in [1.54, 1.807) is 24.3 Å². The molecule has 4 nitrogen and oxygen atoms in total. The number of hydrogen-bond acceptors (Lipinski definition) is 2. The van der Waals surface area contributed by atoms with Crippen LogP contribution >= 0.6 is 11.6 Å². The average molecular weight is 448 g/mol. The molecule has 4 rings (SSSR count). The lowest BCUT2D eigenvalue weighted by Crippen LogP contribution is -2.29. The lowest BCUT2D eigenvalue weighted by atomic mass is 10.0. The Labute approximate surface area is 183 Å². The van der Waals surface area contributed by atoms with Crippen LogP contribution < -0.4 is 5.32 Å². The third kappa shape index (κ3) is 5.67. The van der Waals surface area contributed by atoms with E-state index >= 15 is 0 Å². The highest BCUT2D eigenvalue weighted by Gasteiger charge is 2.33.